The van der Waals surface area contributed by atoms with Crippen LogP contribution in [0.5, 0.6) is 0 Å². The smallest absolute Gasteiger partial charge is 0.229 e. The van der Waals surface area contributed by atoms with Crippen molar-refractivity contribution in [2.75, 3.05) is 19.6 Å². The fraction of sp³-hybridized carbons (Fsp3) is 0.455. The van der Waals surface area contributed by atoms with Crippen LogP contribution in [0, 0.1) is 5.92 Å². The van der Waals surface area contributed by atoms with Crippen molar-refractivity contribution < 1.29 is 4.79 Å². The van der Waals surface area contributed by atoms with E-state index in [1.54, 1.807) is 0 Å². The topological polar surface area (TPSA) is 36.4 Å². The molecule has 1 amide bonds. The maximum atomic E-state index is 12.8. The predicted octanol–water partition coefficient (Wildman–Crippen LogP) is 3.31. The Balaban J connectivity index is 1.35. The van der Waals surface area contributed by atoms with Gasteiger partial charge in [-0.25, -0.2) is 0 Å². The van der Waals surface area contributed by atoms with Gasteiger partial charge in [-0.15, -0.1) is 0 Å². The monoisotopic (exact) mass is 349 g/mol. The number of hydrogen-bond acceptors (Lipinski definition) is 3. The van der Waals surface area contributed by atoms with Crippen molar-refractivity contribution in [3.8, 4) is 0 Å². The minimum atomic E-state index is -0.0609. The van der Waals surface area contributed by atoms with E-state index in [0.717, 1.165) is 37.7 Å². The molecule has 136 valence electrons. The Kier molecular flexibility index (Phi) is 5.02. The predicted molar refractivity (Wildman–Crippen MR) is 103 cm³/mol. The van der Waals surface area contributed by atoms with Gasteiger partial charge in [-0.3, -0.25) is 14.7 Å². The number of likely N-dealkylation sites (tertiary alicyclic amines) is 1. The summed E-state index contributed by atoms with van der Waals surface area (Å²) in [6.07, 6.45) is 6.44. The highest BCUT2D eigenvalue weighted by atomic mass is 16.2. The summed E-state index contributed by atoms with van der Waals surface area (Å²) in [5, 5.41) is 0. The Morgan fingerprint density at radius 2 is 1.85 bits per heavy atom. The number of carbonyl (C=O) groups is 1. The lowest BCUT2D eigenvalue weighted by Gasteiger charge is -2.46. The molecule has 1 unspecified atom stereocenters. The van der Waals surface area contributed by atoms with Crippen LogP contribution in [0.3, 0.4) is 0 Å². The Morgan fingerprint density at radius 3 is 2.50 bits per heavy atom. The van der Waals surface area contributed by atoms with Gasteiger partial charge < -0.3 is 4.90 Å². The van der Waals surface area contributed by atoms with Crippen molar-refractivity contribution in [2.24, 2.45) is 5.92 Å². The SMILES string of the molecule is CC(C(=O)N1CC(N(Cc2ccncc2)CC2CC2)C1)c1ccccc1. The first kappa shape index (κ1) is 17.2. The average molecular weight is 349 g/mol. The molecular weight excluding hydrogens is 322 g/mol. The summed E-state index contributed by atoms with van der Waals surface area (Å²) in [5.74, 6) is 1.04. The van der Waals surface area contributed by atoms with Crippen LogP contribution in [-0.4, -0.2) is 46.4 Å². The number of benzene rings is 1. The van der Waals surface area contributed by atoms with Gasteiger partial charge >= 0.3 is 0 Å². The zero-order valence-corrected chi connectivity index (χ0v) is 15.4. The highest BCUT2D eigenvalue weighted by molar-refractivity contribution is 5.84. The van der Waals surface area contributed by atoms with Crippen LogP contribution < -0.4 is 0 Å². The molecule has 26 heavy (non-hydrogen) atoms. The first-order valence-corrected chi connectivity index (χ1v) is 9.67. The van der Waals surface area contributed by atoms with E-state index in [4.69, 9.17) is 0 Å². The van der Waals surface area contributed by atoms with Crippen LogP contribution in [0.4, 0.5) is 0 Å². The molecule has 1 saturated carbocycles. The van der Waals surface area contributed by atoms with Gasteiger partial charge in [-0.2, -0.15) is 0 Å². The number of nitrogens with zero attached hydrogens (tertiary/aromatic N) is 3. The maximum Gasteiger partial charge on any atom is 0.229 e. The van der Waals surface area contributed by atoms with Gasteiger partial charge in [0.05, 0.1) is 5.92 Å². The number of rotatable bonds is 7. The van der Waals surface area contributed by atoms with E-state index in [1.165, 1.54) is 18.4 Å². The normalized spacial score (nSPS) is 18.6. The first-order valence-electron chi connectivity index (χ1n) is 9.67. The molecule has 2 heterocycles. The Labute approximate surface area is 155 Å². The second kappa shape index (κ2) is 7.58. The molecule has 1 atom stereocenters. The van der Waals surface area contributed by atoms with Gasteiger partial charge in [0.25, 0.3) is 0 Å². The zero-order valence-electron chi connectivity index (χ0n) is 15.4. The van der Waals surface area contributed by atoms with E-state index < -0.39 is 0 Å². The summed E-state index contributed by atoms with van der Waals surface area (Å²) in [6.45, 7) is 5.84. The fourth-order valence-electron chi connectivity index (χ4n) is 3.72. The fourth-order valence-corrected chi connectivity index (χ4v) is 3.72. The molecule has 4 rings (SSSR count). The van der Waals surface area contributed by atoms with Gasteiger partial charge in [0.2, 0.25) is 5.91 Å². The van der Waals surface area contributed by atoms with Gasteiger partial charge in [0, 0.05) is 44.6 Å². The van der Waals surface area contributed by atoms with Crippen molar-refractivity contribution in [1.29, 1.82) is 0 Å². The molecule has 2 aromatic rings. The van der Waals surface area contributed by atoms with E-state index in [2.05, 4.69) is 22.0 Å². The van der Waals surface area contributed by atoms with Crippen LogP contribution in [0.1, 0.15) is 36.8 Å². The highest BCUT2D eigenvalue weighted by Crippen LogP contribution is 2.32. The molecule has 1 aliphatic carbocycles. The summed E-state index contributed by atoms with van der Waals surface area (Å²) in [7, 11) is 0. The number of pyridine rings is 1. The van der Waals surface area contributed by atoms with Crippen molar-refractivity contribution in [2.45, 2.75) is 38.3 Å². The third-order valence-electron chi connectivity index (χ3n) is 5.68. The Bertz CT molecular complexity index is 724. The van der Waals surface area contributed by atoms with Crippen LogP contribution in [0.2, 0.25) is 0 Å². The Morgan fingerprint density at radius 1 is 1.15 bits per heavy atom. The quantitative estimate of drug-likeness (QED) is 0.769. The molecule has 0 radical (unpaired) electrons. The maximum absolute atomic E-state index is 12.8. The standard InChI is InChI=1S/C22H27N3O/c1-17(20-5-3-2-4-6-20)22(26)25-15-21(16-25)24(13-18-7-8-18)14-19-9-11-23-12-10-19/h2-6,9-12,17-18,21H,7-8,13-16H2,1H3. The molecule has 1 aromatic heterocycles. The third kappa shape index (κ3) is 3.96. The van der Waals surface area contributed by atoms with Crippen LogP contribution in [0.25, 0.3) is 0 Å². The molecule has 2 fully saturated rings. The molecule has 1 aliphatic heterocycles. The zero-order chi connectivity index (χ0) is 17.9. The summed E-state index contributed by atoms with van der Waals surface area (Å²) in [4.78, 5) is 21.5. The molecule has 1 aromatic carbocycles. The molecule has 4 heteroatoms. The largest absolute Gasteiger partial charge is 0.339 e. The number of hydrogen-bond donors (Lipinski definition) is 0. The number of aromatic nitrogens is 1. The van der Waals surface area contributed by atoms with E-state index in [9.17, 15) is 4.79 Å². The van der Waals surface area contributed by atoms with E-state index in [-0.39, 0.29) is 11.8 Å². The van der Waals surface area contributed by atoms with Gasteiger partial charge in [-0.05, 0) is 48.9 Å². The molecule has 1 saturated heterocycles. The Hall–Kier alpha value is -2.20. The molecule has 2 aliphatic rings. The van der Waals surface area contributed by atoms with Crippen molar-refractivity contribution >= 4 is 5.91 Å². The molecule has 0 N–H and O–H groups in total. The first-order chi connectivity index (χ1) is 12.7. The summed E-state index contributed by atoms with van der Waals surface area (Å²) < 4.78 is 0. The second-order valence-electron chi connectivity index (χ2n) is 7.76. The lowest BCUT2D eigenvalue weighted by molar-refractivity contribution is -0.140. The third-order valence-corrected chi connectivity index (χ3v) is 5.68. The van der Waals surface area contributed by atoms with Crippen molar-refractivity contribution in [3.05, 3.63) is 66.0 Å². The lowest BCUT2D eigenvalue weighted by Crippen LogP contribution is -2.61. The van der Waals surface area contributed by atoms with E-state index >= 15 is 0 Å². The van der Waals surface area contributed by atoms with Gasteiger partial charge in [0.15, 0.2) is 0 Å². The highest BCUT2D eigenvalue weighted by Gasteiger charge is 2.38. The number of amides is 1. The van der Waals surface area contributed by atoms with E-state index in [1.807, 2.05) is 54.5 Å². The second-order valence-corrected chi connectivity index (χ2v) is 7.76. The summed E-state index contributed by atoms with van der Waals surface area (Å²) in [5.41, 5.74) is 2.41. The van der Waals surface area contributed by atoms with E-state index in [0.29, 0.717) is 6.04 Å². The van der Waals surface area contributed by atoms with Gasteiger partial charge in [-0.1, -0.05) is 30.3 Å². The summed E-state index contributed by atoms with van der Waals surface area (Å²) in [6, 6.07) is 14.8. The molecule has 0 spiro atoms. The average Bonchev–Trinajstić information content (AvgIpc) is 3.45. The minimum Gasteiger partial charge on any atom is -0.339 e. The summed E-state index contributed by atoms with van der Waals surface area (Å²) >= 11 is 0. The number of carbonyl (C=O) groups excluding carboxylic acids is 1. The minimum absolute atomic E-state index is 0.0609. The van der Waals surface area contributed by atoms with Crippen LogP contribution >= 0.6 is 0 Å². The molecule has 0 bridgehead atoms. The lowest BCUT2D eigenvalue weighted by atomic mass is 9.96. The molecular formula is C22H27N3O. The van der Waals surface area contributed by atoms with Crippen LogP contribution in [-0.2, 0) is 11.3 Å². The van der Waals surface area contributed by atoms with Crippen molar-refractivity contribution in [3.63, 3.8) is 0 Å². The molecule has 4 nitrogen and oxygen atoms in total. The van der Waals surface area contributed by atoms with Crippen molar-refractivity contribution in [1.82, 2.24) is 14.8 Å². The van der Waals surface area contributed by atoms with Gasteiger partial charge in [0.1, 0.15) is 0 Å². The van der Waals surface area contributed by atoms with Crippen LogP contribution in [0.15, 0.2) is 54.9 Å².